The summed E-state index contributed by atoms with van der Waals surface area (Å²) in [6.45, 7) is 8.35. The molecule has 0 aromatic heterocycles. The van der Waals surface area contributed by atoms with Crippen LogP contribution in [0.2, 0.25) is 0 Å². The van der Waals surface area contributed by atoms with Gasteiger partial charge in [-0.05, 0) is 51.6 Å². The van der Waals surface area contributed by atoms with Crippen LogP contribution in [0.5, 0.6) is 0 Å². The first kappa shape index (κ1) is 14.0. The quantitative estimate of drug-likeness (QED) is 0.614. The van der Waals surface area contributed by atoms with Crippen LogP contribution >= 0.6 is 11.8 Å². The molecule has 0 spiro atoms. The van der Waals surface area contributed by atoms with E-state index in [9.17, 15) is 0 Å². The van der Waals surface area contributed by atoms with Crippen LogP contribution < -0.4 is 0 Å². The van der Waals surface area contributed by atoms with Crippen LogP contribution in [-0.2, 0) is 15.6 Å². The van der Waals surface area contributed by atoms with Gasteiger partial charge in [0.1, 0.15) is 0 Å². The van der Waals surface area contributed by atoms with Gasteiger partial charge < -0.3 is 9.31 Å². The van der Waals surface area contributed by atoms with E-state index in [1.165, 1.54) is 10.5 Å². The highest BCUT2D eigenvalue weighted by Crippen LogP contribution is 2.37. The van der Waals surface area contributed by atoms with Crippen molar-refractivity contribution in [3.8, 4) is 0 Å². The summed E-state index contributed by atoms with van der Waals surface area (Å²) in [6, 6.07) is 8.59. The van der Waals surface area contributed by atoms with Crippen LogP contribution in [0.15, 0.2) is 29.2 Å². The normalized spacial score (nSPS) is 21.3. The fraction of sp³-hybridized carbons (Fsp3) is 0.571. The molecule has 2 rings (SSSR count). The molecule has 0 bridgehead atoms. The maximum Gasteiger partial charge on any atom is 0.462 e. The lowest BCUT2D eigenvalue weighted by molar-refractivity contribution is 0.00578. The van der Waals surface area contributed by atoms with E-state index in [1.807, 2.05) is 0 Å². The van der Waals surface area contributed by atoms with Crippen molar-refractivity contribution in [3.63, 3.8) is 0 Å². The summed E-state index contributed by atoms with van der Waals surface area (Å²) >= 11 is 1.76. The van der Waals surface area contributed by atoms with Gasteiger partial charge in [0.05, 0.1) is 11.2 Å². The Labute approximate surface area is 115 Å². The molecule has 1 aliphatic rings. The molecular weight excluding hydrogens is 243 g/mol. The Bertz CT molecular complexity index is 398. The SMILES string of the molecule is CSc1ccc(CB2OC(C)(C)C(C)(C)O2)cc1. The zero-order chi connectivity index (χ0) is 13.4. The van der Waals surface area contributed by atoms with Crippen LogP contribution in [-0.4, -0.2) is 24.6 Å². The van der Waals surface area contributed by atoms with Gasteiger partial charge in [-0.25, -0.2) is 0 Å². The summed E-state index contributed by atoms with van der Waals surface area (Å²) in [6.07, 6.45) is 2.89. The molecule has 1 fully saturated rings. The van der Waals surface area contributed by atoms with E-state index in [0.717, 1.165) is 6.32 Å². The van der Waals surface area contributed by atoms with Gasteiger partial charge in [0.15, 0.2) is 0 Å². The number of thioether (sulfide) groups is 1. The van der Waals surface area contributed by atoms with Gasteiger partial charge in [0.2, 0.25) is 0 Å². The monoisotopic (exact) mass is 264 g/mol. The first-order chi connectivity index (χ1) is 8.34. The fourth-order valence-corrected chi connectivity index (χ4v) is 2.41. The van der Waals surface area contributed by atoms with Gasteiger partial charge in [-0.1, -0.05) is 12.1 Å². The molecule has 1 heterocycles. The highest BCUT2D eigenvalue weighted by molar-refractivity contribution is 7.98. The molecule has 0 atom stereocenters. The molecule has 1 aromatic carbocycles. The van der Waals surface area contributed by atoms with Crippen molar-refractivity contribution in [1.29, 1.82) is 0 Å². The molecule has 0 radical (unpaired) electrons. The third-order valence-corrected chi connectivity index (χ3v) is 4.61. The van der Waals surface area contributed by atoms with E-state index >= 15 is 0 Å². The predicted molar refractivity (Wildman–Crippen MR) is 78.0 cm³/mol. The van der Waals surface area contributed by atoms with Crippen LogP contribution in [0.3, 0.4) is 0 Å². The summed E-state index contributed by atoms with van der Waals surface area (Å²) in [5.41, 5.74) is 0.777. The Morgan fingerprint density at radius 3 is 1.94 bits per heavy atom. The number of rotatable bonds is 3. The topological polar surface area (TPSA) is 18.5 Å². The van der Waals surface area contributed by atoms with E-state index in [0.29, 0.717) is 0 Å². The summed E-state index contributed by atoms with van der Waals surface area (Å²) in [7, 11) is -0.143. The number of hydrogen-bond acceptors (Lipinski definition) is 3. The van der Waals surface area contributed by atoms with Crippen molar-refractivity contribution >= 4 is 18.9 Å². The van der Waals surface area contributed by atoms with Gasteiger partial charge in [-0.2, -0.15) is 0 Å². The summed E-state index contributed by atoms with van der Waals surface area (Å²) in [5, 5.41) is 0. The molecule has 4 heteroatoms. The first-order valence-electron chi connectivity index (χ1n) is 6.33. The Morgan fingerprint density at radius 2 is 1.50 bits per heavy atom. The van der Waals surface area contributed by atoms with Crippen LogP contribution in [0, 0.1) is 0 Å². The Kier molecular flexibility index (Phi) is 3.81. The van der Waals surface area contributed by atoms with Gasteiger partial charge >= 0.3 is 7.12 Å². The molecule has 18 heavy (non-hydrogen) atoms. The molecule has 1 aromatic rings. The average Bonchev–Trinajstić information content (AvgIpc) is 2.48. The second-order valence-corrected chi connectivity index (χ2v) is 6.62. The zero-order valence-corrected chi connectivity index (χ0v) is 12.6. The van der Waals surface area contributed by atoms with Gasteiger partial charge in [-0.15, -0.1) is 11.8 Å². The van der Waals surface area contributed by atoms with Crippen LogP contribution in [0.4, 0.5) is 0 Å². The molecule has 0 saturated carbocycles. The summed E-state index contributed by atoms with van der Waals surface area (Å²) < 4.78 is 12.0. The summed E-state index contributed by atoms with van der Waals surface area (Å²) in [4.78, 5) is 1.28. The minimum absolute atomic E-state index is 0.143. The van der Waals surface area contributed by atoms with Crippen molar-refractivity contribution in [1.82, 2.24) is 0 Å². The van der Waals surface area contributed by atoms with E-state index in [4.69, 9.17) is 9.31 Å². The molecule has 1 saturated heterocycles. The second kappa shape index (κ2) is 4.91. The minimum Gasteiger partial charge on any atom is -0.403 e. The van der Waals surface area contributed by atoms with E-state index in [1.54, 1.807) is 11.8 Å². The molecule has 98 valence electrons. The van der Waals surface area contributed by atoms with E-state index < -0.39 is 0 Å². The maximum absolute atomic E-state index is 6.00. The van der Waals surface area contributed by atoms with Gasteiger partial charge in [0.25, 0.3) is 0 Å². The largest absolute Gasteiger partial charge is 0.462 e. The summed E-state index contributed by atoms with van der Waals surface area (Å²) in [5.74, 6) is 0. The van der Waals surface area contributed by atoms with Crippen molar-refractivity contribution in [2.24, 2.45) is 0 Å². The van der Waals surface area contributed by atoms with E-state index in [2.05, 4.69) is 58.2 Å². The Morgan fingerprint density at radius 1 is 1.00 bits per heavy atom. The second-order valence-electron chi connectivity index (χ2n) is 5.74. The smallest absolute Gasteiger partial charge is 0.403 e. The predicted octanol–water partition coefficient (Wildman–Crippen LogP) is 3.58. The van der Waals surface area contributed by atoms with Crippen molar-refractivity contribution in [3.05, 3.63) is 29.8 Å². The number of hydrogen-bond donors (Lipinski definition) is 0. The molecule has 1 aliphatic heterocycles. The highest BCUT2D eigenvalue weighted by atomic mass is 32.2. The van der Waals surface area contributed by atoms with Crippen LogP contribution in [0.1, 0.15) is 33.3 Å². The average molecular weight is 264 g/mol. The third-order valence-electron chi connectivity index (χ3n) is 3.86. The lowest BCUT2D eigenvalue weighted by atomic mass is 9.81. The van der Waals surface area contributed by atoms with Crippen molar-refractivity contribution in [2.45, 2.75) is 50.1 Å². The van der Waals surface area contributed by atoms with Crippen LogP contribution in [0.25, 0.3) is 0 Å². The molecule has 0 unspecified atom stereocenters. The standard InChI is InChI=1S/C14H21BO2S/c1-13(2)14(3,4)17-15(16-13)10-11-6-8-12(18-5)9-7-11/h6-9H,10H2,1-5H3. The highest BCUT2D eigenvalue weighted by Gasteiger charge is 2.50. The molecule has 2 nitrogen and oxygen atoms in total. The van der Waals surface area contributed by atoms with E-state index in [-0.39, 0.29) is 18.3 Å². The Hall–Kier alpha value is -0.445. The molecule has 0 aliphatic carbocycles. The Balaban J connectivity index is 2.03. The molecule has 0 amide bonds. The molecule has 0 N–H and O–H groups in total. The molecular formula is C14H21BO2S. The third kappa shape index (κ3) is 2.76. The number of benzene rings is 1. The van der Waals surface area contributed by atoms with Gasteiger partial charge in [0, 0.05) is 11.2 Å². The minimum atomic E-state index is -0.239. The van der Waals surface area contributed by atoms with Crippen molar-refractivity contribution in [2.75, 3.05) is 6.26 Å². The first-order valence-corrected chi connectivity index (χ1v) is 7.55. The lowest BCUT2D eigenvalue weighted by Crippen LogP contribution is -2.41. The van der Waals surface area contributed by atoms with Crippen molar-refractivity contribution < 1.29 is 9.31 Å². The zero-order valence-electron chi connectivity index (χ0n) is 11.8. The van der Waals surface area contributed by atoms with Gasteiger partial charge in [-0.3, -0.25) is 0 Å². The maximum atomic E-state index is 6.00. The fourth-order valence-electron chi connectivity index (χ4n) is 2.00. The lowest BCUT2D eigenvalue weighted by Gasteiger charge is -2.32.